The first-order valence-electron chi connectivity index (χ1n) is 2.49. The summed E-state index contributed by atoms with van der Waals surface area (Å²) >= 11 is 0. The normalized spacial score (nSPS) is 9.88. The van der Waals surface area contributed by atoms with Crippen LogP contribution in [0.2, 0.25) is 0 Å². The topological polar surface area (TPSA) is 74.6 Å². The van der Waals surface area contributed by atoms with Gasteiger partial charge in [-0.3, -0.25) is 0 Å². The van der Waals surface area contributed by atoms with Gasteiger partial charge in [-0.25, -0.2) is 9.59 Å². The molecule has 0 aromatic carbocycles. The molecule has 2 N–H and O–H groups in total. The van der Waals surface area contributed by atoms with Gasteiger partial charge in [-0.05, 0) is 0 Å². The Morgan fingerprint density at radius 1 is 0.688 bits per heavy atom. The first-order valence-corrected chi connectivity index (χ1v) is 2.49. The second-order valence-corrected chi connectivity index (χ2v) is 1.61. The van der Waals surface area contributed by atoms with Gasteiger partial charge in [-0.2, -0.15) is 26.3 Å². The van der Waals surface area contributed by atoms with E-state index in [2.05, 4.69) is 0 Å². The summed E-state index contributed by atoms with van der Waals surface area (Å²) in [6, 6.07) is 0. The molecule has 0 rings (SSSR count). The minimum absolute atomic E-state index is 0. The van der Waals surface area contributed by atoms with E-state index in [0.717, 1.165) is 0 Å². The largest absolute Gasteiger partial charge is 0.490 e. The average molecular weight is 441 g/mol. The predicted molar refractivity (Wildman–Crippen MR) is 27.4 cm³/mol. The molecule has 0 spiro atoms. The maximum absolute atomic E-state index is 10.6. The maximum Gasteiger partial charge on any atom is 0.490 e. The fourth-order valence-electron chi connectivity index (χ4n) is 0. The van der Waals surface area contributed by atoms with Gasteiger partial charge in [-0.1, -0.05) is 0 Å². The number of carboxylic acids is 2. The van der Waals surface area contributed by atoms with Crippen molar-refractivity contribution in [2.24, 2.45) is 0 Å². The maximum atomic E-state index is 10.6. The Kier molecular flexibility index (Phi) is 13.9. The minimum atomic E-state index is -5.08. The summed E-state index contributed by atoms with van der Waals surface area (Å²) in [6.45, 7) is 0. The van der Waals surface area contributed by atoms with E-state index >= 15 is 0 Å². The Bertz CT molecular complexity index is 200. The van der Waals surface area contributed by atoms with Crippen molar-refractivity contribution in [3.05, 3.63) is 0 Å². The van der Waals surface area contributed by atoms with E-state index in [9.17, 15) is 26.3 Å². The van der Waals surface area contributed by atoms with Crippen LogP contribution in [0.15, 0.2) is 0 Å². The Morgan fingerprint density at radius 3 is 0.750 bits per heavy atom. The molecule has 0 aliphatic rings. The first kappa shape index (κ1) is 24.9. The zero-order valence-electron chi connectivity index (χ0n) is 6.61. The second kappa shape index (κ2) is 8.94. The van der Waals surface area contributed by atoms with Crippen LogP contribution in [0, 0.1) is 0 Å². The van der Waals surface area contributed by atoms with Crippen LogP contribution >= 0.6 is 0 Å². The number of carboxylic acid groups (broad SMARTS) is 2. The zero-order chi connectivity index (χ0) is 12.2. The quantitative estimate of drug-likeness (QED) is 0.439. The number of hydrogen-bond donors (Lipinski definition) is 2. The van der Waals surface area contributed by atoms with E-state index in [1.54, 1.807) is 0 Å². The molecule has 0 aliphatic carbocycles. The van der Waals surface area contributed by atoms with E-state index in [4.69, 9.17) is 19.8 Å². The number of rotatable bonds is 0. The van der Waals surface area contributed by atoms with Crippen molar-refractivity contribution in [1.29, 1.82) is 0 Å². The van der Waals surface area contributed by atoms with Crippen LogP contribution in [0.25, 0.3) is 0 Å². The van der Waals surface area contributed by atoms with E-state index in [0.29, 0.717) is 0 Å². The van der Waals surface area contributed by atoms with Crippen LogP contribution in [0.3, 0.4) is 0 Å². The third-order valence-corrected chi connectivity index (χ3v) is 0.485. The summed E-state index contributed by atoms with van der Waals surface area (Å²) in [4.78, 5) is 17.8. The first-order chi connectivity index (χ1) is 5.89. The Labute approximate surface area is 111 Å². The standard InChI is InChI=1S/2C2HF3O2.2Pd/c2*3-2(4,5)1(6)7;;/h2*(H,6,7);;. The van der Waals surface area contributed by atoms with Gasteiger partial charge < -0.3 is 10.2 Å². The van der Waals surface area contributed by atoms with E-state index in [1.807, 2.05) is 0 Å². The number of aliphatic carboxylic acids is 2. The summed E-state index contributed by atoms with van der Waals surface area (Å²) < 4.78 is 63.5. The molecule has 0 aromatic rings. The summed E-state index contributed by atoms with van der Waals surface area (Å²) in [5.74, 6) is -5.51. The number of carbonyl (C=O) groups is 2. The van der Waals surface area contributed by atoms with Gasteiger partial charge in [0.2, 0.25) is 0 Å². The van der Waals surface area contributed by atoms with Crippen LogP contribution in [-0.2, 0) is 50.4 Å². The molecule has 0 bridgehead atoms. The Balaban J connectivity index is -0.0000000800. The van der Waals surface area contributed by atoms with Crippen LogP contribution in [0.5, 0.6) is 0 Å². The van der Waals surface area contributed by atoms with Crippen molar-refractivity contribution in [3.63, 3.8) is 0 Å². The van der Waals surface area contributed by atoms with Gasteiger partial charge in [0.1, 0.15) is 0 Å². The molecule has 0 saturated heterocycles. The van der Waals surface area contributed by atoms with Crippen LogP contribution in [0.1, 0.15) is 0 Å². The molecular weight excluding hydrogens is 439 g/mol. The van der Waals surface area contributed by atoms with Gasteiger partial charge in [-0.15, -0.1) is 0 Å². The molecule has 4 nitrogen and oxygen atoms in total. The van der Waals surface area contributed by atoms with Crippen molar-refractivity contribution in [1.82, 2.24) is 0 Å². The monoisotopic (exact) mass is 440 g/mol. The molecule has 0 aromatic heterocycles. The number of hydrogen-bond acceptors (Lipinski definition) is 2. The second-order valence-electron chi connectivity index (χ2n) is 1.61. The van der Waals surface area contributed by atoms with Crippen LogP contribution in [-0.4, -0.2) is 34.5 Å². The van der Waals surface area contributed by atoms with E-state index < -0.39 is 24.3 Å². The Morgan fingerprint density at radius 2 is 0.750 bits per heavy atom. The predicted octanol–water partition coefficient (Wildman–Crippen LogP) is 1.26. The average Bonchev–Trinajstić information content (AvgIpc) is 1.83. The van der Waals surface area contributed by atoms with Crippen molar-refractivity contribution in [2.45, 2.75) is 12.4 Å². The molecule has 0 atom stereocenters. The zero-order valence-corrected chi connectivity index (χ0v) is 9.72. The molecule has 16 heavy (non-hydrogen) atoms. The van der Waals surface area contributed by atoms with E-state index in [1.165, 1.54) is 0 Å². The van der Waals surface area contributed by atoms with Gasteiger partial charge >= 0.3 is 24.3 Å². The summed E-state index contributed by atoms with van der Waals surface area (Å²) in [5.41, 5.74) is 0. The van der Waals surface area contributed by atoms with Gasteiger partial charge in [0.05, 0.1) is 0 Å². The van der Waals surface area contributed by atoms with Gasteiger partial charge in [0.15, 0.2) is 0 Å². The fourth-order valence-corrected chi connectivity index (χ4v) is 0. The van der Waals surface area contributed by atoms with Crippen LogP contribution in [0.4, 0.5) is 26.3 Å². The number of halogens is 6. The minimum Gasteiger partial charge on any atom is -0.475 e. The van der Waals surface area contributed by atoms with Gasteiger partial charge in [0, 0.05) is 40.8 Å². The Hall–Kier alpha value is -0.155. The molecule has 0 heterocycles. The molecule has 104 valence electrons. The molecular formula is C4H2F6O4Pd2. The molecule has 0 aliphatic heterocycles. The molecule has 0 amide bonds. The summed E-state index contributed by atoms with van der Waals surface area (Å²) in [6.07, 6.45) is -10.2. The van der Waals surface area contributed by atoms with Gasteiger partial charge in [0.25, 0.3) is 0 Å². The van der Waals surface area contributed by atoms with Crippen molar-refractivity contribution in [3.8, 4) is 0 Å². The molecule has 0 saturated carbocycles. The SMILES string of the molecule is O=C(O)C(F)(F)F.O=C(O)C(F)(F)F.[Pd].[Pd]. The van der Waals surface area contributed by atoms with Crippen LogP contribution < -0.4 is 0 Å². The molecule has 12 heteroatoms. The van der Waals surface area contributed by atoms with E-state index in [-0.39, 0.29) is 40.8 Å². The fraction of sp³-hybridized carbons (Fsp3) is 0.500. The smallest absolute Gasteiger partial charge is 0.475 e. The molecule has 0 radical (unpaired) electrons. The third kappa shape index (κ3) is 16.3. The third-order valence-electron chi connectivity index (χ3n) is 0.485. The molecule has 0 fully saturated rings. The number of alkyl halides is 6. The van der Waals surface area contributed by atoms with Crippen molar-refractivity contribution in [2.75, 3.05) is 0 Å². The summed E-state index contributed by atoms with van der Waals surface area (Å²) in [5, 5.41) is 14.2. The van der Waals surface area contributed by atoms with Crippen molar-refractivity contribution < 1.29 is 87.0 Å². The summed E-state index contributed by atoms with van der Waals surface area (Å²) in [7, 11) is 0. The van der Waals surface area contributed by atoms with Crippen molar-refractivity contribution >= 4 is 11.9 Å². The molecule has 0 unspecified atom stereocenters.